The first kappa shape index (κ1) is 15.5. The van der Waals surface area contributed by atoms with Gasteiger partial charge in [-0.3, -0.25) is 19.3 Å². The summed E-state index contributed by atoms with van der Waals surface area (Å²) >= 11 is 0. The van der Waals surface area contributed by atoms with Gasteiger partial charge in [-0.25, -0.2) is 0 Å². The summed E-state index contributed by atoms with van der Waals surface area (Å²) < 4.78 is 5.45. The molecule has 2 heterocycles. The van der Waals surface area contributed by atoms with Gasteiger partial charge in [-0.1, -0.05) is 12.8 Å². The molecule has 0 aromatic heterocycles. The molecule has 0 aromatic carbocycles. The highest BCUT2D eigenvalue weighted by atomic mass is 16.5. The maximum Gasteiger partial charge on any atom is 0.233 e. The lowest BCUT2D eigenvalue weighted by Gasteiger charge is -2.19. The van der Waals surface area contributed by atoms with E-state index in [9.17, 15) is 14.4 Å². The molecule has 3 rings (SSSR count). The van der Waals surface area contributed by atoms with E-state index < -0.39 is 0 Å². The summed E-state index contributed by atoms with van der Waals surface area (Å²) in [5, 5.41) is 2.83. The number of carbonyl (C=O) groups excluding carboxylic acids is 3. The zero-order valence-corrected chi connectivity index (χ0v) is 12.9. The number of likely N-dealkylation sites (tertiary alicyclic amines) is 1. The number of carbonyl (C=O) groups is 3. The van der Waals surface area contributed by atoms with E-state index in [4.69, 9.17) is 4.74 Å². The monoisotopic (exact) mass is 308 g/mol. The van der Waals surface area contributed by atoms with E-state index >= 15 is 0 Å². The fourth-order valence-electron chi connectivity index (χ4n) is 3.79. The summed E-state index contributed by atoms with van der Waals surface area (Å²) in [5.74, 6) is -0.512. The summed E-state index contributed by atoms with van der Waals surface area (Å²) in [4.78, 5) is 37.7. The van der Waals surface area contributed by atoms with Crippen LogP contribution in [0.1, 0.15) is 44.9 Å². The number of ether oxygens (including phenoxy) is 1. The Morgan fingerprint density at radius 3 is 2.36 bits per heavy atom. The molecule has 1 N–H and O–H groups in total. The van der Waals surface area contributed by atoms with Crippen LogP contribution in [0.5, 0.6) is 0 Å². The van der Waals surface area contributed by atoms with Crippen molar-refractivity contribution in [3.05, 3.63) is 0 Å². The number of imide groups is 1. The largest absolute Gasteiger partial charge is 0.376 e. The first-order chi connectivity index (χ1) is 10.7. The van der Waals surface area contributed by atoms with Crippen molar-refractivity contribution in [2.24, 2.45) is 11.8 Å². The SMILES string of the molecule is O=C(CCN1C(=O)[C@H]2CCCC[C@H]2C1=O)NC[C@@H]1CCCO1. The Kier molecular flexibility index (Phi) is 4.76. The van der Waals surface area contributed by atoms with Crippen molar-refractivity contribution < 1.29 is 19.1 Å². The van der Waals surface area contributed by atoms with Gasteiger partial charge in [0.05, 0.1) is 17.9 Å². The van der Waals surface area contributed by atoms with E-state index in [0.717, 1.165) is 45.1 Å². The minimum Gasteiger partial charge on any atom is -0.376 e. The topological polar surface area (TPSA) is 75.7 Å². The molecule has 3 amide bonds. The van der Waals surface area contributed by atoms with Gasteiger partial charge in [-0.2, -0.15) is 0 Å². The van der Waals surface area contributed by atoms with Crippen molar-refractivity contribution in [3.8, 4) is 0 Å². The quantitative estimate of drug-likeness (QED) is 0.764. The maximum absolute atomic E-state index is 12.3. The lowest BCUT2D eigenvalue weighted by molar-refractivity contribution is -0.140. The van der Waals surface area contributed by atoms with Crippen LogP contribution in [0.25, 0.3) is 0 Å². The molecule has 1 aliphatic carbocycles. The second-order valence-corrected chi connectivity index (χ2v) is 6.51. The van der Waals surface area contributed by atoms with E-state index in [2.05, 4.69) is 5.32 Å². The highest BCUT2D eigenvalue weighted by molar-refractivity contribution is 6.05. The molecular formula is C16H24N2O4. The van der Waals surface area contributed by atoms with Gasteiger partial charge < -0.3 is 10.1 Å². The molecular weight excluding hydrogens is 284 g/mol. The molecule has 0 spiro atoms. The first-order valence-corrected chi connectivity index (χ1v) is 8.40. The number of fused-ring (bicyclic) bond motifs is 1. The lowest BCUT2D eigenvalue weighted by atomic mass is 9.81. The van der Waals surface area contributed by atoms with Gasteiger partial charge in [0.15, 0.2) is 0 Å². The fraction of sp³-hybridized carbons (Fsp3) is 0.812. The Labute approximate surface area is 130 Å². The van der Waals surface area contributed by atoms with Crippen molar-refractivity contribution >= 4 is 17.7 Å². The van der Waals surface area contributed by atoms with E-state index in [-0.39, 0.29) is 48.6 Å². The van der Waals surface area contributed by atoms with Crippen LogP contribution in [0.4, 0.5) is 0 Å². The lowest BCUT2D eigenvalue weighted by Crippen LogP contribution is -2.37. The summed E-state index contributed by atoms with van der Waals surface area (Å²) in [7, 11) is 0. The minimum atomic E-state index is -0.129. The summed E-state index contributed by atoms with van der Waals surface area (Å²) in [6, 6.07) is 0. The third kappa shape index (κ3) is 3.16. The number of nitrogens with one attached hydrogen (secondary N) is 1. The number of hydrogen-bond acceptors (Lipinski definition) is 4. The highest BCUT2D eigenvalue weighted by Crippen LogP contribution is 2.37. The van der Waals surface area contributed by atoms with Crippen LogP contribution in [0.3, 0.4) is 0 Å². The van der Waals surface area contributed by atoms with Gasteiger partial charge in [-0.05, 0) is 25.7 Å². The first-order valence-electron chi connectivity index (χ1n) is 8.40. The molecule has 3 aliphatic rings. The van der Waals surface area contributed by atoms with Crippen molar-refractivity contribution in [3.63, 3.8) is 0 Å². The predicted octanol–water partition coefficient (Wildman–Crippen LogP) is 0.847. The molecule has 6 nitrogen and oxygen atoms in total. The normalized spacial score (nSPS) is 31.5. The third-order valence-electron chi connectivity index (χ3n) is 5.05. The number of rotatable bonds is 5. The standard InChI is InChI=1S/C16H24N2O4/c19-14(17-10-11-4-3-9-22-11)7-8-18-15(20)12-5-1-2-6-13(12)16(18)21/h11-13H,1-10H2,(H,17,19)/t11-,12-,13+/m0/s1. The Hall–Kier alpha value is -1.43. The predicted molar refractivity (Wildman–Crippen MR) is 78.8 cm³/mol. The van der Waals surface area contributed by atoms with Crippen LogP contribution in [-0.4, -0.2) is 48.4 Å². The maximum atomic E-state index is 12.3. The summed E-state index contributed by atoms with van der Waals surface area (Å²) in [6.07, 6.45) is 6.00. The molecule has 0 radical (unpaired) electrons. The number of nitrogens with zero attached hydrogens (tertiary/aromatic N) is 1. The summed E-state index contributed by atoms with van der Waals surface area (Å²) in [6.45, 7) is 1.49. The zero-order chi connectivity index (χ0) is 15.5. The van der Waals surface area contributed by atoms with Crippen LogP contribution in [-0.2, 0) is 19.1 Å². The number of amides is 3. The molecule has 6 heteroatoms. The highest BCUT2D eigenvalue weighted by Gasteiger charge is 2.47. The fourth-order valence-corrected chi connectivity index (χ4v) is 3.79. The van der Waals surface area contributed by atoms with E-state index in [1.807, 2.05) is 0 Å². The molecule has 2 saturated heterocycles. The van der Waals surface area contributed by atoms with Gasteiger partial charge in [0.1, 0.15) is 0 Å². The van der Waals surface area contributed by atoms with E-state index in [0.29, 0.717) is 6.54 Å². The Morgan fingerprint density at radius 1 is 1.09 bits per heavy atom. The van der Waals surface area contributed by atoms with Crippen LogP contribution < -0.4 is 5.32 Å². The molecule has 3 atom stereocenters. The van der Waals surface area contributed by atoms with Crippen LogP contribution >= 0.6 is 0 Å². The molecule has 22 heavy (non-hydrogen) atoms. The van der Waals surface area contributed by atoms with Gasteiger partial charge in [0.25, 0.3) is 0 Å². The van der Waals surface area contributed by atoms with Gasteiger partial charge in [-0.15, -0.1) is 0 Å². The average Bonchev–Trinajstić information content (AvgIpc) is 3.13. The van der Waals surface area contributed by atoms with E-state index in [1.54, 1.807) is 0 Å². The van der Waals surface area contributed by atoms with Crippen molar-refractivity contribution in [1.82, 2.24) is 10.2 Å². The van der Waals surface area contributed by atoms with E-state index in [1.165, 1.54) is 4.90 Å². The minimum absolute atomic E-state index is 0.0679. The molecule has 1 saturated carbocycles. The molecule has 0 aromatic rings. The Morgan fingerprint density at radius 2 is 1.77 bits per heavy atom. The molecule has 122 valence electrons. The van der Waals surface area contributed by atoms with Gasteiger partial charge in [0.2, 0.25) is 17.7 Å². The zero-order valence-electron chi connectivity index (χ0n) is 12.9. The van der Waals surface area contributed by atoms with Crippen LogP contribution in [0.15, 0.2) is 0 Å². The van der Waals surface area contributed by atoms with Crippen LogP contribution in [0, 0.1) is 11.8 Å². The van der Waals surface area contributed by atoms with Gasteiger partial charge >= 0.3 is 0 Å². The second kappa shape index (κ2) is 6.77. The Balaban J connectivity index is 1.45. The Bertz CT molecular complexity index is 435. The number of hydrogen-bond donors (Lipinski definition) is 1. The van der Waals surface area contributed by atoms with Gasteiger partial charge in [0, 0.05) is 26.1 Å². The van der Waals surface area contributed by atoms with Crippen molar-refractivity contribution in [1.29, 1.82) is 0 Å². The second-order valence-electron chi connectivity index (χ2n) is 6.51. The molecule has 3 fully saturated rings. The average molecular weight is 308 g/mol. The van der Waals surface area contributed by atoms with Crippen molar-refractivity contribution in [2.45, 2.75) is 51.0 Å². The van der Waals surface area contributed by atoms with Crippen LogP contribution in [0.2, 0.25) is 0 Å². The smallest absolute Gasteiger partial charge is 0.233 e. The van der Waals surface area contributed by atoms with Crippen molar-refractivity contribution in [2.75, 3.05) is 19.7 Å². The molecule has 0 unspecified atom stereocenters. The molecule has 2 aliphatic heterocycles. The summed E-state index contributed by atoms with van der Waals surface area (Å²) in [5.41, 5.74) is 0. The third-order valence-corrected chi connectivity index (χ3v) is 5.05. The molecule has 0 bridgehead atoms.